The number of piperidine rings is 1. The molecule has 2 atom stereocenters. The highest BCUT2D eigenvalue weighted by molar-refractivity contribution is 5.91. The van der Waals surface area contributed by atoms with E-state index in [9.17, 15) is 14.0 Å². The average Bonchev–Trinajstić information content (AvgIpc) is 3.19. The van der Waals surface area contributed by atoms with Crippen molar-refractivity contribution < 1.29 is 18.4 Å². The third kappa shape index (κ3) is 3.12. The predicted octanol–water partition coefficient (Wildman–Crippen LogP) is 2.27. The van der Waals surface area contributed by atoms with Crippen molar-refractivity contribution in [2.24, 2.45) is 5.41 Å². The normalized spacial score (nSPS) is 27.1. The van der Waals surface area contributed by atoms with E-state index in [-0.39, 0.29) is 23.7 Å². The molecule has 3 amide bonds. The summed E-state index contributed by atoms with van der Waals surface area (Å²) >= 11 is 0. The van der Waals surface area contributed by atoms with E-state index < -0.39 is 11.6 Å². The van der Waals surface area contributed by atoms with Crippen molar-refractivity contribution in [1.82, 2.24) is 15.1 Å². The highest BCUT2D eigenvalue weighted by Crippen LogP contribution is 2.41. The number of alkyl halides is 1. The summed E-state index contributed by atoms with van der Waals surface area (Å²) in [4.78, 5) is 28.0. The van der Waals surface area contributed by atoms with E-state index in [4.69, 9.17) is 4.42 Å². The Balaban J connectivity index is 1.70. The Morgan fingerprint density at radius 3 is 2.75 bits per heavy atom. The summed E-state index contributed by atoms with van der Waals surface area (Å²) in [7, 11) is 0. The smallest absolute Gasteiger partial charge is 0.317 e. The van der Waals surface area contributed by atoms with Gasteiger partial charge in [0.05, 0.1) is 6.26 Å². The number of nitrogens with one attached hydrogen (secondary N) is 1. The van der Waals surface area contributed by atoms with Crippen LogP contribution in [0.5, 0.6) is 0 Å². The molecule has 7 heteroatoms. The Hall–Kier alpha value is -2.05. The maximum absolute atomic E-state index is 14.7. The lowest BCUT2D eigenvalue weighted by Crippen LogP contribution is -2.56. The van der Waals surface area contributed by atoms with Crippen LogP contribution in [-0.2, 0) is 0 Å². The van der Waals surface area contributed by atoms with Gasteiger partial charge in [-0.15, -0.1) is 0 Å². The van der Waals surface area contributed by atoms with Gasteiger partial charge in [0.1, 0.15) is 6.17 Å². The van der Waals surface area contributed by atoms with Crippen LogP contribution in [0.3, 0.4) is 0 Å². The monoisotopic (exact) mass is 337 g/mol. The van der Waals surface area contributed by atoms with Gasteiger partial charge in [-0.25, -0.2) is 9.18 Å². The van der Waals surface area contributed by atoms with Gasteiger partial charge in [0.25, 0.3) is 5.91 Å². The van der Waals surface area contributed by atoms with Gasteiger partial charge in [-0.1, -0.05) is 0 Å². The number of rotatable bonds is 2. The first-order chi connectivity index (χ1) is 11.4. The number of hydrogen-bond donors (Lipinski definition) is 1. The summed E-state index contributed by atoms with van der Waals surface area (Å²) in [5.74, 6) is 0.0560. The number of carbonyl (C=O) groups is 2. The fraction of sp³-hybridized carbons (Fsp3) is 0.647. The van der Waals surface area contributed by atoms with Gasteiger partial charge in [-0.3, -0.25) is 4.79 Å². The summed E-state index contributed by atoms with van der Waals surface area (Å²) < 4.78 is 19.9. The van der Waals surface area contributed by atoms with E-state index >= 15 is 0 Å². The van der Waals surface area contributed by atoms with Gasteiger partial charge in [0, 0.05) is 37.6 Å². The number of hydrogen-bond acceptors (Lipinski definition) is 3. The second kappa shape index (κ2) is 6.45. The molecule has 0 aliphatic carbocycles. The largest absolute Gasteiger partial charge is 0.459 e. The van der Waals surface area contributed by atoms with E-state index in [0.717, 1.165) is 0 Å². The number of nitrogens with zero attached hydrogens (tertiary/aromatic N) is 2. The molecule has 24 heavy (non-hydrogen) atoms. The zero-order valence-electron chi connectivity index (χ0n) is 14.1. The maximum Gasteiger partial charge on any atom is 0.317 e. The van der Waals surface area contributed by atoms with Crippen LogP contribution in [0, 0.1) is 5.41 Å². The van der Waals surface area contributed by atoms with Gasteiger partial charge in [0.15, 0.2) is 5.76 Å². The Bertz CT molecular complexity index is 604. The SMILES string of the molecule is CC(C)NC(=O)N1CC[C@@H](F)[C@@]2(CCN(C(=O)c3ccco3)C2)C1. The molecule has 0 unspecified atom stereocenters. The van der Waals surface area contributed by atoms with Gasteiger partial charge in [-0.05, 0) is 38.8 Å². The highest BCUT2D eigenvalue weighted by atomic mass is 19.1. The van der Waals surface area contributed by atoms with Crippen LogP contribution in [0.4, 0.5) is 9.18 Å². The fourth-order valence-electron chi connectivity index (χ4n) is 3.66. The van der Waals surface area contributed by atoms with E-state index in [2.05, 4.69) is 5.32 Å². The molecule has 132 valence electrons. The molecule has 0 aromatic carbocycles. The van der Waals surface area contributed by atoms with Crippen molar-refractivity contribution in [3.63, 3.8) is 0 Å². The fourth-order valence-corrected chi connectivity index (χ4v) is 3.66. The highest BCUT2D eigenvalue weighted by Gasteiger charge is 2.50. The molecule has 1 spiro atoms. The number of likely N-dealkylation sites (tertiary alicyclic amines) is 2. The van der Waals surface area contributed by atoms with Crippen LogP contribution >= 0.6 is 0 Å². The van der Waals surface area contributed by atoms with Crippen LogP contribution in [0.2, 0.25) is 0 Å². The van der Waals surface area contributed by atoms with Gasteiger partial charge < -0.3 is 19.5 Å². The Kier molecular flexibility index (Phi) is 4.51. The number of halogens is 1. The van der Waals surface area contributed by atoms with Crippen molar-refractivity contribution in [3.05, 3.63) is 24.2 Å². The van der Waals surface area contributed by atoms with Crippen LogP contribution in [0.15, 0.2) is 22.8 Å². The molecule has 0 bridgehead atoms. The van der Waals surface area contributed by atoms with E-state index in [1.54, 1.807) is 21.9 Å². The molecule has 2 aliphatic rings. The summed E-state index contributed by atoms with van der Waals surface area (Å²) in [5.41, 5.74) is -0.672. The summed E-state index contributed by atoms with van der Waals surface area (Å²) in [5, 5.41) is 2.86. The standard InChI is InChI=1S/C17H24FN3O3/c1-12(2)19-16(23)21-7-5-14(18)17(11-21)6-8-20(10-17)15(22)13-4-3-9-24-13/h3-4,9,12,14H,5-8,10-11H2,1-2H3,(H,19,23)/t14-,17-/m1/s1. The second-order valence-electron chi connectivity index (χ2n) is 7.10. The second-order valence-corrected chi connectivity index (χ2v) is 7.10. The van der Waals surface area contributed by atoms with Gasteiger partial charge >= 0.3 is 6.03 Å². The molecule has 3 rings (SSSR count). The summed E-state index contributed by atoms with van der Waals surface area (Å²) in [6, 6.07) is 3.16. The van der Waals surface area contributed by atoms with Crippen molar-refractivity contribution in [3.8, 4) is 0 Å². The Labute approximate surface area is 141 Å². The quantitative estimate of drug-likeness (QED) is 0.900. The molecule has 2 fully saturated rings. The number of furan rings is 1. The Morgan fingerprint density at radius 1 is 1.33 bits per heavy atom. The molecule has 0 saturated carbocycles. The molecule has 1 N–H and O–H groups in total. The topological polar surface area (TPSA) is 65.8 Å². The minimum absolute atomic E-state index is 0.0390. The first-order valence-corrected chi connectivity index (χ1v) is 8.43. The molecule has 2 saturated heterocycles. The van der Waals surface area contributed by atoms with Crippen LogP contribution < -0.4 is 5.32 Å². The molecular weight excluding hydrogens is 313 g/mol. The lowest BCUT2D eigenvalue weighted by Gasteiger charge is -2.42. The molecular formula is C17H24FN3O3. The zero-order chi connectivity index (χ0) is 17.3. The van der Waals surface area contributed by atoms with E-state index in [1.807, 2.05) is 13.8 Å². The number of carbonyl (C=O) groups excluding carboxylic acids is 2. The van der Waals surface area contributed by atoms with Crippen molar-refractivity contribution >= 4 is 11.9 Å². The predicted molar refractivity (Wildman–Crippen MR) is 86.4 cm³/mol. The van der Waals surface area contributed by atoms with E-state index in [0.29, 0.717) is 39.0 Å². The zero-order valence-corrected chi connectivity index (χ0v) is 14.1. The molecule has 3 heterocycles. The first kappa shape index (κ1) is 16.8. The number of amides is 3. The third-order valence-corrected chi connectivity index (χ3v) is 4.93. The first-order valence-electron chi connectivity index (χ1n) is 8.43. The minimum atomic E-state index is -1.00. The third-order valence-electron chi connectivity index (χ3n) is 4.93. The van der Waals surface area contributed by atoms with Gasteiger partial charge in [0.2, 0.25) is 0 Å². The van der Waals surface area contributed by atoms with Crippen molar-refractivity contribution in [2.75, 3.05) is 26.2 Å². The number of urea groups is 1. The average molecular weight is 337 g/mol. The van der Waals surface area contributed by atoms with Crippen molar-refractivity contribution in [1.29, 1.82) is 0 Å². The molecule has 1 aromatic rings. The van der Waals surface area contributed by atoms with Crippen molar-refractivity contribution in [2.45, 2.75) is 38.9 Å². The van der Waals surface area contributed by atoms with E-state index in [1.165, 1.54) is 6.26 Å². The molecule has 2 aliphatic heterocycles. The Morgan fingerprint density at radius 2 is 2.08 bits per heavy atom. The molecule has 0 radical (unpaired) electrons. The molecule has 1 aromatic heterocycles. The minimum Gasteiger partial charge on any atom is -0.459 e. The summed E-state index contributed by atoms with van der Waals surface area (Å²) in [6.07, 6.45) is 1.32. The lowest BCUT2D eigenvalue weighted by molar-refractivity contribution is 0.0243. The maximum atomic E-state index is 14.7. The van der Waals surface area contributed by atoms with Crippen LogP contribution in [0.25, 0.3) is 0 Å². The van der Waals surface area contributed by atoms with Crippen LogP contribution in [-0.4, -0.2) is 60.1 Å². The van der Waals surface area contributed by atoms with Gasteiger partial charge in [-0.2, -0.15) is 0 Å². The summed E-state index contributed by atoms with van der Waals surface area (Å²) in [6.45, 7) is 5.35. The lowest BCUT2D eigenvalue weighted by atomic mass is 9.77. The van der Waals surface area contributed by atoms with Crippen LogP contribution in [0.1, 0.15) is 37.2 Å². The molecule has 6 nitrogen and oxygen atoms in total.